The predicted molar refractivity (Wildman–Crippen MR) is 119 cm³/mol. The monoisotopic (exact) mass is 393 g/mol. The number of guanidine groups is 1. The number of aromatic nitrogens is 1. The van der Waals surface area contributed by atoms with Crippen LogP contribution in [0.5, 0.6) is 0 Å². The number of piperidine rings is 1. The van der Waals surface area contributed by atoms with E-state index in [1.807, 2.05) is 30.6 Å². The molecule has 0 aliphatic carbocycles. The van der Waals surface area contributed by atoms with Crippen LogP contribution in [0.4, 0.5) is 5.00 Å². The number of hydrogen-bond acceptors (Lipinski definition) is 4. The van der Waals surface area contributed by atoms with Gasteiger partial charge in [-0.1, -0.05) is 24.3 Å². The molecule has 1 aliphatic heterocycles. The smallest absolute Gasteiger partial charge is 0.191 e. The minimum absolute atomic E-state index is 0.474. The Morgan fingerprint density at radius 2 is 2.04 bits per heavy atom. The van der Waals surface area contributed by atoms with Crippen molar-refractivity contribution in [2.24, 2.45) is 4.99 Å². The molecule has 28 heavy (non-hydrogen) atoms. The Hall–Kier alpha value is -2.60. The third kappa shape index (κ3) is 4.44. The SMILES string of the molecule is CN=C(NCCc1cccc2cccnc12)NC1CCN(c2cccs2)CC1. The highest BCUT2D eigenvalue weighted by molar-refractivity contribution is 7.14. The molecule has 1 fully saturated rings. The molecule has 0 atom stereocenters. The van der Waals surface area contributed by atoms with Crippen LogP contribution < -0.4 is 15.5 Å². The van der Waals surface area contributed by atoms with Crippen molar-refractivity contribution in [3.8, 4) is 0 Å². The largest absolute Gasteiger partial charge is 0.363 e. The summed E-state index contributed by atoms with van der Waals surface area (Å²) in [6.45, 7) is 3.02. The van der Waals surface area contributed by atoms with Gasteiger partial charge >= 0.3 is 0 Å². The number of para-hydroxylation sites is 1. The number of rotatable bonds is 5. The van der Waals surface area contributed by atoms with Gasteiger partial charge in [-0.3, -0.25) is 9.98 Å². The number of aliphatic imine (C=N–C) groups is 1. The van der Waals surface area contributed by atoms with Crippen molar-refractivity contribution >= 4 is 33.2 Å². The summed E-state index contributed by atoms with van der Waals surface area (Å²) in [5, 5.41) is 11.8. The number of hydrogen-bond donors (Lipinski definition) is 2. The van der Waals surface area contributed by atoms with E-state index in [1.54, 1.807) is 0 Å². The van der Waals surface area contributed by atoms with Gasteiger partial charge in [0.1, 0.15) is 0 Å². The molecule has 1 aliphatic rings. The zero-order valence-electron chi connectivity index (χ0n) is 16.3. The molecular formula is C22H27N5S. The van der Waals surface area contributed by atoms with Crippen molar-refractivity contribution in [2.45, 2.75) is 25.3 Å². The highest BCUT2D eigenvalue weighted by atomic mass is 32.1. The van der Waals surface area contributed by atoms with E-state index in [9.17, 15) is 0 Å². The standard InChI is InChI=1S/C22H27N5S/c1-23-22(26-19-10-14-27(15-11-19)20-8-4-16-28-20)25-13-9-18-6-2-5-17-7-3-12-24-21(17)18/h2-8,12,16,19H,9-11,13-15H2,1H3,(H2,23,25,26). The summed E-state index contributed by atoms with van der Waals surface area (Å²) in [4.78, 5) is 11.4. The number of fused-ring (bicyclic) bond motifs is 1. The van der Waals surface area contributed by atoms with Gasteiger partial charge in [-0.15, -0.1) is 11.3 Å². The summed E-state index contributed by atoms with van der Waals surface area (Å²) < 4.78 is 0. The Bertz CT molecular complexity index is 908. The summed E-state index contributed by atoms with van der Waals surface area (Å²) in [5.74, 6) is 0.891. The molecule has 2 N–H and O–H groups in total. The van der Waals surface area contributed by atoms with E-state index in [0.29, 0.717) is 6.04 Å². The molecule has 5 nitrogen and oxygen atoms in total. The lowest BCUT2D eigenvalue weighted by Gasteiger charge is -2.33. The van der Waals surface area contributed by atoms with Crippen LogP contribution >= 0.6 is 11.3 Å². The van der Waals surface area contributed by atoms with Gasteiger partial charge in [0, 0.05) is 44.3 Å². The van der Waals surface area contributed by atoms with Crippen LogP contribution in [0, 0.1) is 0 Å². The summed E-state index contributed by atoms with van der Waals surface area (Å²) >= 11 is 1.82. The van der Waals surface area contributed by atoms with E-state index in [4.69, 9.17) is 0 Å². The number of nitrogens with one attached hydrogen (secondary N) is 2. The van der Waals surface area contributed by atoms with Crippen LogP contribution in [0.1, 0.15) is 18.4 Å². The highest BCUT2D eigenvalue weighted by Crippen LogP contribution is 2.24. The van der Waals surface area contributed by atoms with Crippen molar-refractivity contribution in [1.82, 2.24) is 15.6 Å². The first-order chi connectivity index (χ1) is 13.8. The zero-order valence-corrected chi connectivity index (χ0v) is 17.1. The summed E-state index contributed by atoms with van der Waals surface area (Å²) in [5.41, 5.74) is 2.36. The van der Waals surface area contributed by atoms with E-state index >= 15 is 0 Å². The topological polar surface area (TPSA) is 52.6 Å². The Balaban J connectivity index is 1.26. The van der Waals surface area contributed by atoms with Gasteiger partial charge in [0.15, 0.2) is 5.96 Å². The van der Waals surface area contributed by atoms with E-state index in [1.165, 1.54) is 16.0 Å². The molecule has 0 radical (unpaired) electrons. The van der Waals surface area contributed by atoms with Crippen molar-refractivity contribution < 1.29 is 0 Å². The second-order valence-electron chi connectivity index (χ2n) is 7.10. The van der Waals surface area contributed by atoms with E-state index in [0.717, 1.165) is 50.4 Å². The van der Waals surface area contributed by atoms with Crippen LogP contribution in [-0.4, -0.2) is 43.7 Å². The fraction of sp³-hybridized carbons (Fsp3) is 0.364. The van der Waals surface area contributed by atoms with Gasteiger partial charge in [0.05, 0.1) is 10.5 Å². The molecule has 2 aromatic heterocycles. The van der Waals surface area contributed by atoms with Gasteiger partial charge in [-0.25, -0.2) is 0 Å². The summed E-state index contributed by atoms with van der Waals surface area (Å²) in [7, 11) is 1.84. The first-order valence-electron chi connectivity index (χ1n) is 9.92. The summed E-state index contributed by atoms with van der Waals surface area (Å²) in [6, 6.07) is 15.3. The molecule has 0 unspecified atom stereocenters. The van der Waals surface area contributed by atoms with E-state index in [-0.39, 0.29) is 0 Å². The first-order valence-corrected chi connectivity index (χ1v) is 10.8. The molecule has 0 spiro atoms. The predicted octanol–water partition coefficient (Wildman–Crippen LogP) is 3.67. The number of pyridine rings is 1. The molecule has 1 saturated heterocycles. The molecule has 3 aromatic rings. The number of thiophene rings is 1. The molecule has 3 heterocycles. The Labute approximate surface area is 170 Å². The van der Waals surface area contributed by atoms with Gasteiger partial charge < -0.3 is 15.5 Å². The third-order valence-corrected chi connectivity index (χ3v) is 6.21. The van der Waals surface area contributed by atoms with Crippen molar-refractivity contribution in [1.29, 1.82) is 0 Å². The molecule has 0 saturated carbocycles. The number of anilines is 1. The van der Waals surface area contributed by atoms with Crippen LogP contribution in [0.3, 0.4) is 0 Å². The maximum Gasteiger partial charge on any atom is 0.191 e. The average molecular weight is 394 g/mol. The average Bonchev–Trinajstić information content (AvgIpc) is 3.28. The Morgan fingerprint density at radius 1 is 1.18 bits per heavy atom. The third-order valence-electron chi connectivity index (χ3n) is 5.28. The molecule has 6 heteroatoms. The molecule has 4 rings (SSSR count). The first kappa shape index (κ1) is 18.7. The maximum atomic E-state index is 4.54. The van der Waals surface area contributed by atoms with Crippen molar-refractivity contribution in [3.63, 3.8) is 0 Å². The minimum atomic E-state index is 0.474. The molecule has 146 valence electrons. The van der Waals surface area contributed by atoms with Crippen molar-refractivity contribution in [2.75, 3.05) is 31.6 Å². The Kier molecular flexibility index (Phi) is 6.07. The quantitative estimate of drug-likeness (QED) is 0.513. The second kappa shape index (κ2) is 9.06. The lowest BCUT2D eigenvalue weighted by Crippen LogP contribution is -2.49. The van der Waals surface area contributed by atoms with Crippen LogP contribution in [-0.2, 0) is 6.42 Å². The highest BCUT2D eigenvalue weighted by Gasteiger charge is 2.20. The van der Waals surface area contributed by atoms with Gasteiger partial charge in [-0.05, 0) is 48.4 Å². The molecule has 1 aromatic carbocycles. The minimum Gasteiger partial charge on any atom is -0.363 e. The number of benzene rings is 1. The molecule has 0 bridgehead atoms. The molecule has 0 amide bonds. The molecular weight excluding hydrogens is 366 g/mol. The number of nitrogens with zero attached hydrogens (tertiary/aromatic N) is 3. The van der Waals surface area contributed by atoms with Crippen LogP contribution in [0.15, 0.2) is 59.0 Å². The van der Waals surface area contributed by atoms with Gasteiger partial charge in [0.2, 0.25) is 0 Å². The van der Waals surface area contributed by atoms with Gasteiger partial charge in [-0.2, -0.15) is 0 Å². The second-order valence-corrected chi connectivity index (χ2v) is 8.02. The fourth-order valence-corrected chi connectivity index (χ4v) is 4.55. The lowest BCUT2D eigenvalue weighted by atomic mass is 10.1. The van der Waals surface area contributed by atoms with E-state index < -0.39 is 0 Å². The normalized spacial score (nSPS) is 15.8. The van der Waals surface area contributed by atoms with Gasteiger partial charge in [0.25, 0.3) is 0 Å². The maximum absolute atomic E-state index is 4.54. The van der Waals surface area contributed by atoms with Crippen molar-refractivity contribution in [3.05, 3.63) is 59.6 Å². The lowest BCUT2D eigenvalue weighted by molar-refractivity contribution is 0.463. The van der Waals surface area contributed by atoms with Crippen LogP contribution in [0.25, 0.3) is 10.9 Å². The van der Waals surface area contributed by atoms with E-state index in [2.05, 4.69) is 67.3 Å². The van der Waals surface area contributed by atoms with Crippen LogP contribution in [0.2, 0.25) is 0 Å². The fourth-order valence-electron chi connectivity index (χ4n) is 3.77. The summed E-state index contributed by atoms with van der Waals surface area (Å²) in [6.07, 6.45) is 5.05. The zero-order chi connectivity index (χ0) is 19.2. The Morgan fingerprint density at radius 3 is 2.82 bits per heavy atom.